The third-order valence-electron chi connectivity index (χ3n) is 5.24. The van der Waals surface area contributed by atoms with Crippen molar-refractivity contribution in [3.63, 3.8) is 0 Å². The van der Waals surface area contributed by atoms with Crippen LogP contribution in [0, 0.1) is 0 Å². The fourth-order valence-corrected chi connectivity index (χ4v) is 3.82. The SMILES string of the molecule is CC(=O)N1CCCN(C(=O)NCC2COC3(CCCCC3)O2)CC1. The Labute approximate surface area is 143 Å². The van der Waals surface area contributed by atoms with Gasteiger partial charge in [-0.3, -0.25) is 4.79 Å². The van der Waals surface area contributed by atoms with Crippen LogP contribution in [-0.4, -0.2) is 73.0 Å². The maximum Gasteiger partial charge on any atom is 0.317 e. The second-order valence-corrected chi connectivity index (χ2v) is 7.05. The Kier molecular flexibility index (Phi) is 5.61. The highest BCUT2D eigenvalue weighted by molar-refractivity contribution is 5.75. The fraction of sp³-hybridized carbons (Fsp3) is 0.882. The number of carbonyl (C=O) groups excluding carboxylic acids is 2. The van der Waals surface area contributed by atoms with Crippen molar-refractivity contribution in [2.24, 2.45) is 0 Å². The van der Waals surface area contributed by atoms with Crippen LogP contribution in [-0.2, 0) is 14.3 Å². The van der Waals surface area contributed by atoms with Crippen LogP contribution in [0.5, 0.6) is 0 Å². The van der Waals surface area contributed by atoms with Gasteiger partial charge in [0.2, 0.25) is 5.91 Å². The molecule has 1 unspecified atom stereocenters. The Balaban J connectivity index is 1.42. The van der Waals surface area contributed by atoms with Gasteiger partial charge in [-0.25, -0.2) is 4.79 Å². The second-order valence-electron chi connectivity index (χ2n) is 7.05. The molecule has 1 atom stereocenters. The van der Waals surface area contributed by atoms with Crippen molar-refractivity contribution in [2.45, 2.75) is 57.3 Å². The predicted octanol–water partition coefficient (Wildman–Crippen LogP) is 1.33. The van der Waals surface area contributed by atoms with Crippen LogP contribution in [0.4, 0.5) is 4.79 Å². The van der Waals surface area contributed by atoms with Crippen molar-refractivity contribution in [3.8, 4) is 0 Å². The molecular weight excluding hydrogens is 310 g/mol. The molecule has 2 heterocycles. The zero-order chi connectivity index (χ0) is 17.0. The Morgan fingerprint density at radius 2 is 1.75 bits per heavy atom. The minimum absolute atomic E-state index is 0.0623. The summed E-state index contributed by atoms with van der Waals surface area (Å²) in [6.45, 7) is 5.20. The normalized spacial score (nSPS) is 27.1. The number of amides is 3. The number of carbonyl (C=O) groups is 2. The van der Waals surface area contributed by atoms with Crippen molar-refractivity contribution in [1.29, 1.82) is 0 Å². The zero-order valence-corrected chi connectivity index (χ0v) is 14.6. The first-order valence-corrected chi connectivity index (χ1v) is 9.18. The third kappa shape index (κ3) is 4.19. The van der Waals surface area contributed by atoms with E-state index in [2.05, 4.69) is 5.32 Å². The third-order valence-corrected chi connectivity index (χ3v) is 5.24. The van der Waals surface area contributed by atoms with E-state index in [0.29, 0.717) is 32.8 Å². The van der Waals surface area contributed by atoms with Crippen LogP contribution < -0.4 is 5.32 Å². The van der Waals surface area contributed by atoms with Crippen LogP contribution in [0.3, 0.4) is 0 Å². The van der Waals surface area contributed by atoms with Gasteiger partial charge in [-0.05, 0) is 19.3 Å². The topological polar surface area (TPSA) is 71.1 Å². The van der Waals surface area contributed by atoms with E-state index in [1.165, 1.54) is 6.42 Å². The molecule has 1 aliphatic carbocycles. The lowest BCUT2D eigenvalue weighted by atomic mass is 9.94. The number of rotatable bonds is 2. The van der Waals surface area contributed by atoms with E-state index < -0.39 is 5.79 Å². The van der Waals surface area contributed by atoms with E-state index in [1.54, 1.807) is 16.7 Å². The van der Waals surface area contributed by atoms with E-state index >= 15 is 0 Å². The van der Waals surface area contributed by atoms with E-state index in [1.807, 2.05) is 0 Å². The van der Waals surface area contributed by atoms with Crippen molar-refractivity contribution in [1.82, 2.24) is 15.1 Å². The summed E-state index contributed by atoms with van der Waals surface area (Å²) in [5, 5.41) is 2.97. The minimum atomic E-state index is -0.391. The molecule has 0 bridgehead atoms. The zero-order valence-electron chi connectivity index (χ0n) is 14.6. The molecule has 1 saturated carbocycles. The van der Waals surface area contributed by atoms with Gasteiger partial charge in [-0.15, -0.1) is 0 Å². The molecule has 3 fully saturated rings. The summed E-state index contributed by atoms with van der Waals surface area (Å²) in [6.07, 6.45) is 6.24. The number of hydrogen-bond donors (Lipinski definition) is 1. The highest BCUT2D eigenvalue weighted by Gasteiger charge is 2.42. The summed E-state index contributed by atoms with van der Waals surface area (Å²) < 4.78 is 12.0. The molecular formula is C17H29N3O4. The van der Waals surface area contributed by atoms with Gasteiger partial charge in [0.05, 0.1) is 6.61 Å². The van der Waals surface area contributed by atoms with Crippen LogP contribution in [0.1, 0.15) is 45.4 Å². The van der Waals surface area contributed by atoms with Gasteiger partial charge in [0, 0.05) is 52.5 Å². The lowest BCUT2D eigenvalue weighted by Crippen LogP contribution is -2.45. The van der Waals surface area contributed by atoms with E-state index in [9.17, 15) is 9.59 Å². The highest BCUT2D eigenvalue weighted by atomic mass is 16.7. The standard InChI is InChI=1S/C17H29N3O4/c1-14(21)19-8-5-9-20(11-10-19)16(22)18-12-15-13-23-17(24-15)6-3-2-4-7-17/h15H,2-13H2,1H3,(H,18,22). The number of nitrogens with zero attached hydrogens (tertiary/aromatic N) is 2. The Morgan fingerprint density at radius 3 is 2.50 bits per heavy atom. The summed E-state index contributed by atoms with van der Waals surface area (Å²) >= 11 is 0. The second kappa shape index (κ2) is 7.70. The van der Waals surface area contributed by atoms with Gasteiger partial charge in [-0.1, -0.05) is 6.42 Å². The smallest absolute Gasteiger partial charge is 0.317 e. The maximum absolute atomic E-state index is 12.4. The van der Waals surface area contributed by atoms with Crippen LogP contribution in [0.25, 0.3) is 0 Å². The summed E-state index contributed by atoms with van der Waals surface area (Å²) in [4.78, 5) is 27.4. The number of ether oxygens (including phenoxy) is 2. The van der Waals surface area contributed by atoms with Gasteiger partial charge in [0.25, 0.3) is 0 Å². The Hall–Kier alpha value is -1.34. The summed E-state index contributed by atoms with van der Waals surface area (Å²) in [5.41, 5.74) is 0. The quantitative estimate of drug-likeness (QED) is 0.824. The summed E-state index contributed by atoms with van der Waals surface area (Å²) in [6, 6.07) is -0.0754. The van der Waals surface area contributed by atoms with Crippen LogP contribution in [0.2, 0.25) is 0 Å². The maximum atomic E-state index is 12.4. The van der Waals surface area contributed by atoms with Gasteiger partial charge >= 0.3 is 6.03 Å². The lowest BCUT2D eigenvalue weighted by Gasteiger charge is -2.31. The molecule has 7 nitrogen and oxygen atoms in total. The van der Waals surface area contributed by atoms with Crippen LogP contribution >= 0.6 is 0 Å². The van der Waals surface area contributed by atoms with E-state index in [4.69, 9.17) is 9.47 Å². The monoisotopic (exact) mass is 339 g/mol. The van der Waals surface area contributed by atoms with Crippen molar-refractivity contribution < 1.29 is 19.1 Å². The summed E-state index contributed by atoms with van der Waals surface area (Å²) in [5.74, 6) is -0.315. The first kappa shape index (κ1) is 17.5. The summed E-state index contributed by atoms with van der Waals surface area (Å²) in [7, 11) is 0. The highest BCUT2D eigenvalue weighted by Crippen LogP contribution is 2.37. The van der Waals surface area contributed by atoms with Crippen molar-refractivity contribution in [3.05, 3.63) is 0 Å². The minimum Gasteiger partial charge on any atom is -0.347 e. The Morgan fingerprint density at radius 1 is 1.04 bits per heavy atom. The molecule has 0 aromatic carbocycles. The van der Waals surface area contributed by atoms with Crippen molar-refractivity contribution in [2.75, 3.05) is 39.3 Å². The molecule has 136 valence electrons. The predicted molar refractivity (Wildman–Crippen MR) is 88.5 cm³/mol. The van der Waals surface area contributed by atoms with Gasteiger partial charge in [0.1, 0.15) is 6.10 Å². The molecule has 1 spiro atoms. The van der Waals surface area contributed by atoms with Crippen LogP contribution in [0.15, 0.2) is 0 Å². The van der Waals surface area contributed by atoms with Gasteiger partial charge < -0.3 is 24.6 Å². The first-order chi connectivity index (χ1) is 11.6. The number of nitrogens with one attached hydrogen (secondary N) is 1. The first-order valence-electron chi connectivity index (χ1n) is 9.18. The number of urea groups is 1. The average molecular weight is 339 g/mol. The Bertz CT molecular complexity index is 465. The van der Waals surface area contributed by atoms with Gasteiger partial charge in [-0.2, -0.15) is 0 Å². The average Bonchev–Trinajstić information content (AvgIpc) is 2.81. The number of hydrogen-bond acceptors (Lipinski definition) is 4. The molecule has 2 saturated heterocycles. The molecule has 3 rings (SSSR count). The molecule has 0 aromatic rings. The van der Waals surface area contributed by atoms with E-state index in [-0.39, 0.29) is 18.0 Å². The molecule has 2 aliphatic heterocycles. The largest absolute Gasteiger partial charge is 0.347 e. The molecule has 1 N–H and O–H groups in total. The van der Waals surface area contributed by atoms with Gasteiger partial charge in [0.15, 0.2) is 5.79 Å². The lowest BCUT2D eigenvalue weighted by molar-refractivity contribution is -0.186. The fourth-order valence-electron chi connectivity index (χ4n) is 3.82. The molecule has 3 amide bonds. The molecule has 3 aliphatic rings. The molecule has 24 heavy (non-hydrogen) atoms. The molecule has 0 aromatic heterocycles. The molecule has 7 heteroatoms. The molecule has 0 radical (unpaired) electrons. The van der Waals surface area contributed by atoms with Crippen molar-refractivity contribution >= 4 is 11.9 Å². The van der Waals surface area contributed by atoms with E-state index in [0.717, 1.165) is 38.6 Å².